The van der Waals surface area contributed by atoms with Crippen molar-refractivity contribution in [1.29, 1.82) is 0 Å². The molecule has 4 aromatic carbocycles. The number of hydrogen-bond donors (Lipinski definition) is 0. The topological polar surface area (TPSA) is 6.25 Å². The molecule has 0 saturated heterocycles. The predicted octanol–water partition coefficient (Wildman–Crippen LogP) is 12.3. The van der Waals surface area contributed by atoms with Gasteiger partial charge in [-0.2, -0.15) is 4.58 Å². The highest BCUT2D eigenvalue weighted by molar-refractivity contribution is 6.32. The van der Waals surface area contributed by atoms with Gasteiger partial charge < -0.3 is 4.90 Å². The van der Waals surface area contributed by atoms with Crippen molar-refractivity contribution in [1.82, 2.24) is 0 Å². The van der Waals surface area contributed by atoms with Crippen molar-refractivity contribution in [3.8, 4) is 0 Å². The monoisotopic (exact) mass is 663 g/mol. The van der Waals surface area contributed by atoms with Gasteiger partial charge in [-0.25, -0.2) is 0 Å². The molecule has 2 heterocycles. The van der Waals surface area contributed by atoms with Gasteiger partial charge in [0, 0.05) is 46.6 Å². The zero-order chi connectivity index (χ0) is 33.2. The van der Waals surface area contributed by atoms with Crippen LogP contribution in [0.3, 0.4) is 0 Å². The van der Waals surface area contributed by atoms with E-state index < -0.39 is 0 Å². The molecule has 2 nitrogen and oxygen atoms in total. The second kappa shape index (κ2) is 12.2. The molecule has 0 atom stereocenters. The van der Waals surface area contributed by atoms with Gasteiger partial charge in [0.05, 0.1) is 5.41 Å². The van der Waals surface area contributed by atoms with E-state index in [1.165, 1.54) is 120 Å². The Balaban J connectivity index is 1.09. The highest BCUT2D eigenvalue weighted by Gasteiger charge is 2.51. The summed E-state index contributed by atoms with van der Waals surface area (Å²) in [5, 5.41) is 6.51. The summed E-state index contributed by atoms with van der Waals surface area (Å²) >= 11 is 7.38. The Hall–Kier alpha value is -3.88. The van der Waals surface area contributed by atoms with Crippen LogP contribution in [-0.4, -0.2) is 24.4 Å². The Morgan fingerprint density at radius 1 is 0.653 bits per heavy atom. The molecular formula is C46H48ClN2+. The third-order valence-corrected chi connectivity index (χ3v) is 13.4. The summed E-state index contributed by atoms with van der Waals surface area (Å²) < 4.78 is 2.49. The molecule has 3 aliphatic carbocycles. The van der Waals surface area contributed by atoms with Crippen LogP contribution in [0.1, 0.15) is 94.6 Å². The van der Waals surface area contributed by atoms with E-state index in [4.69, 9.17) is 11.6 Å². The van der Waals surface area contributed by atoms with Crippen LogP contribution in [0.4, 0.5) is 11.4 Å². The first-order valence-electron chi connectivity index (χ1n) is 18.9. The Morgan fingerprint density at radius 3 is 2.00 bits per heavy atom. The number of halogens is 1. The summed E-state index contributed by atoms with van der Waals surface area (Å²) in [6.45, 7) is 0. The largest absolute Gasteiger partial charge is 0.347 e. The normalized spacial score (nSPS) is 23.3. The third-order valence-electron chi connectivity index (χ3n) is 13.0. The quantitative estimate of drug-likeness (QED) is 0.198. The smallest absolute Gasteiger partial charge is 0.210 e. The van der Waals surface area contributed by atoms with Crippen LogP contribution in [0, 0.1) is 0 Å². The molecule has 2 fully saturated rings. The molecule has 4 aromatic rings. The average molecular weight is 664 g/mol. The van der Waals surface area contributed by atoms with E-state index in [0.29, 0.717) is 0 Å². The first-order valence-corrected chi connectivity index (χ1v) is 19.3. The lowest BCUT2D eigenvalue weighted by Crippen LogP contribution is -2.36. The number of likely N-dealkylation sites (N-methyl/N-ethyl adjacent to an activating group) is 1. The lowest BCUT2D eigenvalue weighted by Gasteiger charge is -2.37. The standard InChI is InChI=1S/C46H48ClN2/c1-48-38-24-20-32-14-5-7-18-36(32)42(38)45(28-9-3-10-29-45)40(48)26-22-34-16-13-17-35(44(34)47)23-27-41-46(30-11-4-12-31-46)43-37-19-8-6-15-33(37)21-25-39(43)49(41)2/h5-8,14-15,18-27H,3-4,9-13,16-17,28-31H2,1-2H3/q+1. The van der Waals surface area contributed by atoms with Gasteiger partial charge in [-0.3, -0.25) is 0 Å². The fourth-order valence-electron chi connectivity index (χ4n) is 10.7. The number of rotatable bonds is 3. The minimum Gasteiger partial charge on any atom is -0.347 e. The van der Waals surface area contributed by atoms with E-state index in [-0.39, 0.29) is 10.8 Å². The van der Waals surface area contributed by atoms with Crippen LogP contribution >= 0.6 is 11.6 Å². The van der Waals surface area contributed by atoms with Gasteiger partial charge in [0.25, 0.3) is 0 Å². The van der Waals surface area contributed by atoms with Gasteiger partial charge in [-0.1, -0.05) is 117 Å². The minimum absolute atomic E-state index is 0.0744. The van der Waals surface area contributed by atoms with E-state index in [2.05, 4.69) is 121 Å². The first kappa shape index (κ1) is 31.1. The van der Waals surface area contributed by atoms with E-state index in [1.54, 1.807) is 11.1 Å². The summed E-state index contributed by atoms with van der Waals surface area (Å²) in [5.41, 5.74) is 11.5. The number of nitrogens with zero attached hydrogens (tertiary/aromatic N) is 2. The Morgan fingerprint density at radius 2 is 1.29 bits per heavy atom. The summed E-state index contributed by atoms with van der Waals surface area (Å²) in [4.78, 5) is 2.49. The van der Waals surface area contributed by atoms with E-state index in [0.717, 1.165) is 24.3 Å². The van der Waals surface area contributed by atoms with Crippen LogP contribution < -0.4 is 4.90 Å². The Kier molecular flexibility index (Phi) is 7.73. The molecule has 0 bridgehead atoms. The fourth-order valence-corrected chi connectivity index (χ4v) is 11.0. The van der Waals surface area contributed by atoms with Gasteiger partial charge >= 0.3 is 0 Å². The van der Waals surface area contributed by atoms with Crippen molar-refractivity contribution < 1.29 is 4.58 Å². The van der Waals surface area contributed by atoms with Crippen LogP contribution in [0.15, 0.2) is 119 Å². The van der Waals surface area contributed by atoms with Gasteiger partial charge in [0.2, 0.25) is 5.69 Å². The second-order valence-corrected chi connectivity index (χ2v) is 15.8. The Bertz CT molecular complexity index is 2140. The molecule has 49 heavy (non-hydrogen) atoms. The summed E-state index contributed by atoms with van der Waals surface area (Å²) in [7, 11) is 4.57. The molecule has 0 amide bonds. The van der Waals surface area contributed by atoms with Crippen molar-refractivity contribution in [3.05, 3.63) is 130 Å². The van der Waals surface area contributed by atoms with Crippen LogP contribution in [0.5, 0.6) is 0 Å². The van der Waals surface area contributed by atoms with Crippen molar-refractivity contribution in [2.75, 3.05) is 19.0 Å². The molecule has 2 saturated carbocycles. The molecule has 0 radical (unpaired) electrons. The van der Waals surface area contributed by atoms with E-state index >= 15 is 0 Å². The molecule has 5 aliphatic rings. The average Bonchev–Trinajstić information content (AvgIpc) is 3.51. The molecule has 0 N–H and O–H groups in total. The van der Waals surface area contributed by atoms with Crippen LogP contribution in [0.25, 0.3) is 21.5 Å². The molecule has 3 heteroatoms. The van der Waals surface area contributed by atoms with Crippen molar-refractivity contribution in [3.63, 3.8) is 0 Å². The number of allylic oxidation sites excluding steroid dienone is 8. The fraction of sp³-hybridized carbons (Fsp3) is 0.370. The second-order valence-electron chi connectivity index (χ2n) is 15.4. The Labute approximate surface area is 297 Å². The number of anilines is 1. The molecule has 248 valence electrons. The first-order chi connectivity index (χ1) is 24.0. The molecule has 9 rings (SSSR count). The van der Waals surface area contributed by atoms with E-state index in [9.17, 15) is 0 Å². The maximum absolute atomic E-state index is 7.38. The van der Waals surface area contributed by atoms with Crippen molar-refractivity contribution >= 4 is 50.2 Å². The summed E-state index contributed by atoms with van der Waals surface area (Å²) in [6, 6.07) is 27.3. The van der Waals surface area contributed by atoms with Crippen molar-refractivity contribution in [2.45, 2.75) is 94.3 Å². The van der Waals surface area contributed by atoms with Crippen molar-refractivity contribution in [2.24, 2.45) is 0 Å². The highest BCUT2D eigenvalue weighted by Crippen LogP contribution is 2.57. The van der Waals surface area contributed by atoms with E-state index in [1.807, 2.05) is 0 Å². The van der Waals surface area contributed by atoms with Gasteiger partial charge in [-0.05, 0) is 101 Å². The lowest BCUT2D eigenvalue weighted by molar-refractivity contribution is -0.401. The zero-order valence-corrected chi connectivity index (χ0v) is 30.0. The van der Waals surface area contributed by atoms with Crippen LogP contribution in [0.2, 0.25) is 0 Å². The summed E-state index contributed by atoms with van der Waals surface area (Å²) in [6.07, 6.45) is 25.5. The number of benzene rings is 4. The number of fused-ring (bicyclic) bond motifs is 8. The maximum atomic E-state index is 7.38. The maximum Gasteiger partial charge on any atom is 0.210 e. The van der Waals surface area contributed by atoms with Gasteiger partial charge in [0.1, 0.15) is 7.05 Å². The number of hydrogen-bond acceptors (Lipinski definition) is 1. The molecule has 0 aromatic heterocycles. The molecule has 2 spiro atoms. The summed E-state index contributed by atoms with van der Waals surface area (Å²) in [5.74, 6) is 0. The van der Waals surface area contributed by atoms with Gasteiger partial charge in [-0.15, -0.1) is 0 Å². The SMILES string of the molecule is CN1/C(=C/C=C2\CCCC(/C=C/C3=[N+](C)c4ccc5ccccc5c4C34CCCCC4)=C2Cl)C2(CCCCC2)c2c1ccc1ccccc21. The minimum atomic E-state index is 0.0744. The molecule has 2 aliphatic heterocycles. The zero-order valence-electron chi connectivity index (χ0n) is 29.2. The molecular weight excluding hydrogens is 616 g/mol. The third kappa shape index (κ3) is 4.77. The van der Waals surface area contributed by atoms with Gasteiger partial charge in [0.15, 0.2) is 5.71 Å². The predicted molar refractivity (Wildman–Crippen MR) is 209 cm³/mol. The van der Waals surface area contributed by atoms with Crippen LogP contribution in [-0.2, 0) is 10.8 Å². The lowest BCUT2D eigenvalue weighted by atomic mass is 9.66. The molecule has 0 unspecified atom stereocenters. The highest BCUT2D eigenvalue weighted by atomic mass is 35.5.